The molecule has 2 unspecified atom stereocenters. The molecule has 1 saturated heterocycles. The minimum absolute atomic E-state index is 0.109. The van der Waals surface area contributed by atoms with E-state index in [0.29, 0.717) is 21.2 Å². The fraction of sp³-hybridized carbons (Fsp3) is 0.200. The number of halogens is 5. The molecule has 2 aliphatic rings. The molecule has 3 aromatic carbocycles. The molecule has 1 N–H and O–H groups in total. The third-order valence-corrected chi connectivity index (χ3v) is 10.9. The monoisotopic (exact) mass is 677 g/mol. The lowest BCUT2D eigenvalue weighted by Crippen LogP contribution is -2.33. The van der Waals surface area contributed by atoms with Gasteiger partial charge >= 0.3 is 11.0 Å². The fourth-order valence-corrected chi connectivity index (χ4v) is 8.60. The van der Waals surface area contributed by atoms with Gasteiger partial charge in [-0.05, 0) is 48.9 Å². The van der Waals surface area contributed by atoms with E-state index in [9.17, 15) is 32.3 Å². The molecule has 226 valence electrons. The highest BCUT2D eigenvalue weighted by atomic mass is 35.5. The third-order valence-electron chi connectivity index (χ3n) is 7.43. The van der Waals surface area contributed by atoms with Crippen LogP contribution in [0.1, 0.15) is 27.5 Å². The topological polar surface area (TPSA) is 88.5 Å². The summed E-state index contributed by atoms with van der Waals surface area (Å²) in [4.78, 5) is 54.8. The number of thioether (sulfide) groups is 1. The van der Waals surface area contributed by atoms with E-state index in [1.807, 2.05) is 19.1 Å². The number of nitrogens with one attached hydrogen (secondary N) is 1. The van der Waals surface area contributed by atoms with Crippen LogP contribution in [0.4, 0.5) is 24.5 Å². The maximum absolute atomic E-state index is 14.0. The average molecular weight is 679 g/mol. The van der Waals surface area contributed by atoms with Crippen LogP contribution >= 0.6 is 46.3 Å². The molecule has 1 fully saturated rings. The number of anilines is 2. The average Bonchev–Trinajstić information content (AvgIpc) is 3.41. The molecule has 2 aliphatic heterocycles. The van der Waals surface area contributed by atoms with Gasteiger partial charge in [-0.25, -0.2) is 4.90 Å². The summed E-state index contributed by atoms with van der Waals surface area (Å²) in [7, 11) is 0. The summed E-state index contributed by atoms with van der Waals surface area (Å²) in [6, 6.07) is 15.9. The SMILES string of the molecule is Cc1ccc(NC(=O)Cn2c3c(sc2=O)[C@H](c2cccc(Cl)c2Cl)C2C(=O)N(c4cccc(C(F)(F)F)c4)C(=O)C2S3)cc1. The number of fused-ring (bicyclic) bond motifs is 2. The Kier molecular flexibility index (Phi) is 7.89. The van der Waals surface area contributed by atoms with Gasteiger partial charge in [0.2, 0.25) is 17.7 Å². The second-order valence-corrected chi connectivity index (χ2v) is 13.2. The molecule has 1 aromatic heterocycles. The Morgan fingerprint density at radius 2 is 1.68 bits per heavy atom. The molecule has 3 atom stereocenters. The van der Waals surface area contributed by atoms with Crippen LogP contribution in [0.3, 0.4) is 0 Å². The molecule has 0 radical (unpaired) electrons. The normalized spacial score (nSPS) is 19.6. The standard InChI is InChI=1S/C30H20Cl2F3N3O4S2/c1-14-8-10-16(11-9-14)36-20(39)13-37-28-25(44-29(37)42)21(18-6-3-7-19(31)23(18)32)22-24(43-28)27(41)38(26(22)40)17-5-2-4-15(12-17)30(33,34)35/h2-12,21-22,24H,13H2,1H3,(H,36,39)/t21-,22?,24?/m1/s1. The number of rotatable bonds is 5. The highest BCUT2D eigenvalue weighted by Crippen LogP contribution is 2.55. The van der Waals surface area contributed by atoms with E-state index >= 15 is 0 Å². The number of nitrogens with zero attached hydrogens (tertiary/aromatic N) is 2. The van der Waals surface area contributed by atoms with Gasteiger partial charge in [-0.2, -0.15) is 13.2 Å². The molecule has 44 heavy (non-hydrogen) atoms. The van der Waals surface area contributed by atoms with Crippen LogP contribution in [0.15, 0.2) is 76.6 Å². The number of aryl methyl sites for hydroxylation is 1. The van der Waals surface area contributed by atoms with Crippen molar-refractivity contribution in [2.24, 2.45) is 5.92 Å². The summed E-state index contributed by atoms with van der Waals surface area (Å²) < 4.78 is 41.8. The fourth-order valence-electron chi connectivity index (χ4n) is 5.41. The van der Waals surface area contributed by atoms with Crippen molar-refractivity contribution < 1.29 is 27.6 Å². The number of carbonyl (C=O) groups is 3. The van der Waals surface area contributed by atoms with Gasteiger partial charge in [0.15, 0.2) is 0 Å². The first kappa shape index (κ1) is 30.4. The van der Waals surface area contributed by atoms with Crippen LogP contribution < -0.4 is 15.1 Å². The minimum atomic E-state index is -4.69. The van der Waals surface area contributed by atoms with Crippen molar-refractivity contribution in [2.45, 2.75) is 35.8 Å². The molecule has 7 nitrogen and oxygen atoms in total. The van der Waals surface area contributed by atoms with Crippen LogP contribution in [0.25, 0.3) is 0 Å². The van der Waals surface area contributed by atoms with Gasteiger partial charge < -0.3 is 5.32 Å². The molecule has 3 amide bonds. The Hall–Kier alpha value is -3.58. The smallest absolute Gasteiger partial charge is 0.325 e. The lowest BCUT2D eigenvalue weighted by Gasteiger charge is -2.31. The predicted octanol–water partition coefficient (Wildman–Crippen LogP) is 6.98. The first-order valence-corrected chi connectivity index (χ1v) is 15.6. The van der Waals surface area contributed by atoms with E-state index in [1.165, 1.54) is 10.6 Å². The minimum Gasteiger partial charge on any atom is -0.325 e. The van der Waals surface area contributed by atoms with Crippen molar-refractivity contribution in [3.05, 3.63) is 108 Å². The lowest BCUT2D eigenvalue weighted by molar-refractivity contribution is -0.137. The summed E-state index contributed by atoms with van der Waals surface area (Å²) in [5.41, 5.74) is 0.666. The molecule has 0 saturated carbocycles. The van der Waals surface area contributed by atoms with Gasteiger partial charge in [0.05, 0.1) is 32.2 Å². The highest BCUT2D eigenvalue weighted by Gasteiger charge is 2.57. The van der Waals surface area contributed by atoms with Gasteiger partial charge in [0, 0.05) is 16.5 Å². The van der Waals surface area contributed by atoms with Gasteiger partial charge in [-0.3, -0.25) is 23.7 Å². The Morgan fingerprint density at radius 1 is 0.977 bits per heavy atom. The van der Waals surface area contributed by atoms with E-state index < -0.39 is 51.4 Å². The van der Waals surface area contributed by atoms with Crippen molar-refractivity contribution in [2.75, 3.05) is 10.2 Å². The van der Waals surface area contributed by atoms with Gasteiger partial charge in [0.25, 0.3) is 0 Å². The summed E-state index contributed by atoms with van der Waals surface area (Å²) in [6.07, 6.45) is -4.69. The number of amides is 3. The second-order valence-electron chi connectivity index (χ2n) is 10.3. The summed E-state index contributed by atoms with van der Waals surface area (Å²) in [5.74, 6) is -4.02. The van der Waals surface area contributed by atoms with Crippen LogP contribution in [-0.4, -0.2) is 27.5 Å². The zero-order valence-corrected chi connectivity index (χ0v) is 25.7. The van der Waals surface area contributed by atoms with Crippen molar-refractivity contribution in [3.8, 4) is 0 Å². The molecule has 0 spiro atoms. The Morgan fingerprint density at radius 3 is 2.39 bits per heavy atom. The summed E-state index contributed by atoms with van der Waals surface area (Å²) in [5, 5.41) is 2.21. The van der Waals surface area contributed by atoms with E-state index in [4.69, 9.17) is 23.2 Å². The van der Waals surface area contributed by atoms with E-state index in [0.717, 1.165) is 51.8 Å². The van der Waals surface area contributed by atoms with E-state index in [2.05, 4.69) is 5.32 Å². The Bertz CT molecular complexity index is 1890. The Balaban J connectivity index is 1.43. The number of hydrogen-bond donors (Lipinski definition) is 1. The Labute approximate surface area is 266 Å². The number of carbonyl (C=O) groups excluding carboxylic acids is 3. The molecule has 14 heteroatoms. The zero-order chi connectivity index (χ0) is 31.5. The van der Waals surface area contributed by atoms with Crippen molar-refractivity contribution in [3.63, 3.8) is 0 Å². The molecule has 3 heterocycles. The highest BCUT2D eigenvalue weighted by molar-refractivity contribution is 8.00. The number of thiazole rings is 1. The van der Waals surface area contributed by atoms with Crippen molar-refractivity contribution in [1.29, 1.82) is 0 Å². The number of imide groups is 1. The second kappa shape index (κ2) is 11.4. The van der Waals surface area contributed by atoms with Crippen LogP contribution in [0.5, 0.6) is 0 Å². The molecule has 4 aromatic rings. The van der Waals surface area contributed by atoms with Crippen molar-refractivity contribution in [1.82, 2.24) is 4.57 Å². The van der Waals surface area contributed by atoms with E-state index in [1.54, 1.807) is 30.3 Å². The number of aromatic nitrogens is 1. The van der Waals surface area contributed by atoms with Gasteiger partial charge in [0.1, 0.15) is 11.8 Å². The largest absolute Gasteiger partial charge is 0.416 e. The van der Waals surface area contributed by atoms with Crippen LogP contribution in [-0.2, 0) is 27.1 Å². The number of alkyl halides is 3. The summed E-state index contributed by atoms with van der Waals surface area (Å²) >= 11 is 14.7. The van der Waals surface area contributed by atoms with Gasteiger partial charge in [-0.15, -0.1) is 0 Å². The maximum atomic E-state index is 14.0. The molecule has 6 rings (SSSR count). The third kappa shape index (κ3) is 5.33. The molecular weight excluding hydrogens is 658 g/mol. The van der Waals surface area contributed by atoms with E-state index in [-0.39, 0.29) is 22.3 Å². The van der Waals surface area contributed by atoms with Crippen LogP contribution in [0, 0.1) is 12.8 Å². The maximum Gasteiger partial charge on any atom is 0.416 e. The first-order chi connectivity index (χ1) is 20.8. The van der Waals surface area contributed by atoms with Gasteiger partial charge in [-0.1, -0.05) is 82.2 Å². The summed E-state index contributed by atoms with van der Waals surface area (Å²) in [6.45, 7) is 1.53. The molecule has 0 aliphatic carbocycles. The predicted molar refractivity (Wildman–Crippen MR) is 164 cm³/mol. The zero-order valence-electron chi connectivity index (χ0n) is 22.5. The lowest BCUT2D eigenvalue weighted by atomic mass is 9.83. The quantitative estimate of drug-likeness (QED) is 0.230. The number of hydrogen-bond acceptors (Lipinski definition) is 6. The first-order valence-electron chi connectivity index (χ1n) is 13.1. The number of benzene rings is 3. The van der Waals surface area contributed by atoms with Crippen molar-refractivity contribution >= 4 is 75.4 Å². The molecular formula is C30H20Cl2F3N3O4S2. The molecule has 0 bridgehead atoms. The van der Waals surface area contributed by atoms with Crippen LogP contribution in [0.2, 0.25) is 10.0 Å².